The van der Waals surface area contributed by atoms with Crippen molar-refractivity contribution < 1.29 is 14.3 Å². The van der Waals surface area contributed by atoms with Crippen LogP contribution in [-0.2, 0) is 19.7 Å². The molecule has 4 rings (SSSR count). The molecule has 0 spiro atoms. The van der Waals surface area contributed by atoms with Gasteiger partial charge < -0.3 is 9.64 Å². The Hall–Kier alpha value is -3.44. The quantitative estimate of drug-likeness (QED) is 0.476. The van der Waals surface area contributed by atoms with Gasteiger partial charge in [-0.2, -0.15) is 5.26 Å². The molecule has 1 aromatic heterocycles. The van der Waals surface area contributed by atoms with Gasteiger partial charge in [-0.05, 0) is 42.0 Å². The van der Waals surface area contributed by atoms with Crippen LogP contribution in [0.1, 0.15) is 76.5 Å². The van der Waals surface area contributed by atoms with E-state index in [1.807, 2.05) is 42.3 Å². The first-order valence-electron chi connectivity index (χ1n) is 13.9. The van der Waals surface area contributed by atoms with Crippen LogP contribution in [0.25, 0.3) is 0 Å². The van der Waals surface area contributed by atoms with Crippen molar-refractivity contribution in [1.82, 2.24) is 14.8 Å². The molecule has 2 aromatic rings. The summed E-state index contributed by atoms with van der Waals surface area (Å²) in [7, 11) is 3.45. The lowest BCUT2D eigenvalue weighted by atomic mass is 9.87. The number of benzene rings is 1. The second kappa shape index (κ2) is 12.2. The maximum Gasteiger partial charge on any atom is 0.251 e. The highest BCUT2D eigenvalue weighted by atomic mass is 16.5. The number of likely N-dealkylation sites (N-methyl/N-ethyl adjacent to an activating group) is 1. The zero-order valence-electron chi connectivity index (χ0n) is 23.8. The fraction of sp³-hybridized carbons (Fsp3) is 0.548. The number of likely N-dealkylation sites (tertiary alicyclic amines) is 1. The van der Waals surface area contributed by atoms with Gasteiger partial charge in [-0.15, -0.1) is 0 Å². The Bertz CT molecular complexity index is 1170. The molecule has 3 unspecified atom stereocenters. The van der Waals surface area contributed by atoms with Crippen LogP contribution in [0.5, 0.6) is 0 Å². The highest BCUT2D eigenvalue weighted by molar-refractivity contribution is 6.04. The summed E-state index contributed by atoms with van der Waals surface area (Å²) in [5, 5.41) is 9.86. The molecule has 2 fully saturated rings. The number of hydrogen-bond acceptors (Lipinski definition) is 6. The minimum absolute atomic E-state index is 0.0676. The van der Waals surface area contributed by atoms with E-state index in [-0.39, 0.29) is 29.4 Å². The number of carbonyl (C=O) groups excluding carboxylic acids is 2. The number of pyridine rings is 1. The van der Waals surface area contributed by atoms with Crippen LogP contribution in [-0.4, -0.2) is 65.5 Å². The summed E-state index contributed by atoms with van der Waals surface area (Å²) in [5.74, 6) is -0.438. The van der Waals surface area contributed by atoms with Gasteiger partial charge in [-0.1, -0.05) is 58.2 Å². The van der Waals surface area contributed by atoms with Crippen molar-refractivity contribution in [2.75, 3.05) is 25.6 Å². The van der Waals surface area contributed by atoms with Gasteiger partial charge in [0.25, 0.3) is 5.91 Å². The molecule has 8 nitrogen and oxygen atoms in total. The van der Waals surface area contributed by atoms with E-state index >= 15 is 0 Å². The van der Waals surface area contributed by atoms with Crippen molar-refractivity contribution in [3.05, 3.63) is 59.9 Å². The van der Waals surface area contributed by atoms with E-state index in [9.17, 15) is 14.9 Å². The van der Waals surface area contributed by atoms with Gasteiger partial charge in [0.1, 0.15) is 12.1 Å². The minimum atomic E-state index is -0.916. The molecule has 1 aliphatic heterocycles. The van der Waals surface area contributed by atoms with Crippen molar-refractivity contribution in [3.63, 3.8) is 0 Å². The fourth-order valence-electron chi connectivity index (χ4n) is 5.78. The van der Waals surface area contributed by atoms with Crippen molar-refractivity contribution in [1.29, 1.82) is 5.26 Å². The second-order valence-electron chi connectivity index (χ2n) is 11.8. The summed E-state index contributed by atoms with van der Waals surface area (Å²) in [6.07, 6.45) is 10.9. The smallest absolute Gasteiger partial charge is 0.251 e. The summed E-state index contributed by atoms with van der Waals surface area (Å²) in [5.41, 5.74) is 2.32. The van der Waals surface area contributed by atoms with E-state index in [4.69, 9.17) is 4.74 Å². The zero-order chi connectivity index (χ0) is 28.2. The van der Waals surface area contributed by atoms with Gasteiger partial charge >= 0.3 is 0 Å². The van der Waals surface area contributed by atoms with Crippen LogP contribution in [0.3, 0.4) is 0 Å². The Morgan fingerprint density at radius 1 is 1.13 bits per heavy atom. The Morgan fingerprint density at radius 2 is 1.82 bits per heavy atom. The van der Waals surface area contributed by atoms with Gasteiger partial charge in [0.05, 0.1) is 12.6 Å². The number of anilines is 1. The normalized spacial score (nSPS) is 20.8. The van der Waals surface area contributed by atoms with Crippen molar-refractivity contribution in [3.8, 4) is 6.19 Å². The summed E-state index contributed by atoms with van der Waals surface area (Å²) >= 11 is 0. The lowest BCUT2D eigenvalue weighted by molar-refractivity contribution is -0.136. The Morgan fingerprint density at radius 3 is 2.38 bits per heavy atom. The molecule has 1 aliphatic carbocycles. The van der Waals surface area contributed by atoms with Crippen LogP contribution in [0.15, 0.2) is 48.8 Å². The highest BCUT2D eigenvalue weighted by Crippen LogP contribution is 2.35. The minimum Gasteiger partial charge on any atom is -0.379 e. The number of ether oxygens (including phenoxy) is 1. The van der Waals surface area contributed by atoms with Gasteiger partial charge in [0.2, 0.25) is 5.91 Å². The van der Waals surface area contributed by atoms with Crippen LogP contribution >= 0.6 is 0 Å². The van der Waals surface area contributed by atoms with Crippen molar-refractivity contribution in [2.45, 2.75) is 88.9 Å². The third-order valence-corrected chi connectivity index (χ3v) is 8.22. The van der Waals surface area contributed by atoms with Crippen LogP contribution in [0, 0.1) is 11.5 Å². The number of nitriles is 1. The molecule has 0 bridgehead atoms. The van der Waals surface area contributed by atoms with E-state index in [1.165, 1.54) is 11.3 Å². The number of carbonyl (C=O) groups is 2. The molecule has 3 atom stereocenters. The molecule has 39 heavy (non-hydrogen) atoms. The highest BCUT2D eigenvalue weighted by Gasteiger charge is 2.44. The molecule has 2 amide bonds. The van der Waals surface area contributed by atoms with E-state index < -0.39 is 12.1 Å². The average molecular weight is 532 g/mol. The Balaban J connectivity index is 1.82. The molecule has 2 heterocycles. The first-order valence-corrected chi connectivity index (χ1v) is 13.9. The van der Waals surface area contributed by atoms with E-state index in [2.05, 4.69) is 31.9 Å². The van der Waals surface area contributed by atoms with Crippen molar-refractivity contribution in [2.24, 2.45) is 0 Å². The van der Waals surface area contributed by atoms with E-state index in [0.717, 1.165) is 31.2 Å². The summed E-state index contributed by atoms with van der Waals surface area (Å²) < 4.78 is 5.52. The van der Waals surface area contributed by atoms with Crippen LogP contribution in [0.2, 0.25) is 0 Å². The summed E-state index contributed by atoms with van der Waals surface area (Å²) in [4.78, 5) is 38.0. The number of rotatable bonds is 7. The van der Waals surface area contributed by atoms with Gasteiger partial charge in [0, 0.05) is 50.3 Å². The fourth-order valence-corrected chi connectivity index (χ4v) is 5.78. The second-order valence-corrected chi connectivity index (χ2v) is 11.8. The molecule has 1 saturated heterocycles. The molecule has 8 heteroatoms. The maximum atomic E-state index is 14.5. The monoisotopic (exact) mass is 531 g/mol. The first kappa shape index (κ1) is 28.6. The number of aromatic nitrogens is 1. The van der Waals surface area contributed by atoms with Crippen LogP contribution in [0.4, 0.5) is 5.69 Å². The lowest BCUT2D eigenvalue weighted by Crippen LogP contribution is -2.52. The predicted molar refractivity (Wildman–Crippen MR) is 151 cm³/mol. The maximum absolute atomic E-state index is 14.5. The summed E-state index contributed by atoms with van der Waals surface area (Å²) in [6.45, 7) is 6.76. The average Bonchev–Trinajstić information content (AvgIpc) is 3.39. The zero-order valence-corrected chi connectivity index (χ0v) is 23.8. The topological polar surface area (TPSA) is 89.8 Å². The third kappa shape index (κ3) is 6.25. The first-order chi connectivity index (χ1) is 18.7. The van der Waals surface area contributed by atoms with E-state index in [0.29, 0.717) is 24.2 Å². The molecule has 208 valence electrons. The molecule has 0 N–H and O–H groups in total. The number of hydrogen-bond donors (Lipinski definition) is 0. The number of nitrogens with zero attached hydrogens (tertiary/aromatic N) is 5. The number of methoxy groups -OCH3 is 1. The van der Waals surface area contributed by atoms with Crippen LogP contribution < -0.4 is 4.90 Å². The molecule has 2 aliphatic rings. The lowest BCUT2D eigenvalue weighted by Gasteiger charge is -2.39. The summed E-state index contributed by atoms with van der Waals surface area (Å²) in [6, 6.07) is 9.98. The number of amides is 2. The third-order valence-electron chi connectivity index (χ3n) is 8.22. The molecular formula is C31H41N5O3. The van der Waals surface area contributed by atoms with Gasteiger partial charge in [-0.25, -0.2) is 0 Å². The Labute approximate surface area is 232 Å². The molecule has 0 radical (unpaired) electrons. The van der Waals surface area contributed by atoms with Gasteiger partial charge in [-0.3, -0.25) is 24.4 Å². The van der Waals surface area contributed by atoms with E-state index in [1.54, 1.807) is 30.5 Å². The SMILES string of the molecule is COC1CC(C(=O)N(c2ccc(C(C)(C)C)cc2)C(C(=O)N(C)C2CCCCC2)c2cccnc2)N(C#N)C1. The van der Waals surface area contributed by atoms with Crippen molar-refractivity contribution >= 4 is 17.5 Å². The molecular weight excluding hydrogens is 490 g/mol. The Kier molecular flexibility index (Phi) is 8.91. The predicted octanol–water partition coefficient (Wildman–Crippen LogP) is 4.81. The largest absolute Gasteiger partial charge is 0.379 e. The van der Waals surface area contributed by atoms with Gasteiger partial charge in [0.15, 0.2) is 6.19 Å². The standard InChI is InChI=1S/C31H41N5O3/c1-31(2,3)23-13-15-25(16-14-23)36(29(37)27-18-26(39-5)20-35(27)21-32)28(22-10-9-17-33-19-22)30(38)34(4)24-11-7-6-8-12-24/h9-10,13-17,19,24,26-28H,6-8,11-12,18,20H2,1-5H3. The molecule has 1 aromatic carbocycles. The molecule has 1 saturated carbocycles.